The number of rotatable bonds is 4. The van der Waals surface area contributed by atoms with Gasteiger partial charge < -0.3 is 10.3 Å². The smallest absolute Gasteiger partial charge is 0.244 e. The molecule has 1 amide bonds. The van der Waals surface area contributed by atoms with E-state index in [9.17, 15) is 4.79 Å². The Labute approximate surface area is 146 Å². The Balaban J connectivity index is 1.44. The summed E-state index contributed by atoms with van der Waals surface area (Å²) in [7, 11) is 0. The minimum atomic E-state index is -0.185. The molecule has 0 spiro atoms. The lowest BCUT2D eigenvalue weighted by atomic mass is 10.2. The fourth-order valence-corrected chi connectivity index (χ4v) is 3.56. The number of carbonyl (C=O) groups is 1. The predicted octanol–water partition coefficient (Wildman–Crippen LogP) is 3.86. The average Bonchev–Trinajstić information content (AvgIpc) is 3.25. The Morgan fingerprint density at radius 1 is 1.42 bits per heavy atom. The van der Waals surface area contributed by atoms with Crippen molar-refractivity contribution in [1.82, 2.24) is 19.7 Å². The summed E-state index contributed by atoms with van der Waals surface area (Å²) in [5.74, 6) is -0.185. The van der Waals surface area contributed by atoms with Crippen LogP contribution in [0.5, 0.6) is 0 Å². The van der Waals surface area contributed by atoms with Crippen molar-refractivity contribution in [3.05, 3.63) is 64.5 Å². The maximum absolute atomic E-state index is 12.0. The molecule has 0 aliphatic heterocycles. The second-order valence-corrected chi connectivity index (χ2v) is 6.51. The first-order valence-corrected chi connectivity index (χ1v) is 8.60. The monoisotopic (exact) mass is 356 g/mol. The number of H-pyrrole nitrogens is 1. The summed E-state index contributed by atoms with van der Waals surface area (Å²) in [5, 5.41) is 6.30. The normalized spacial score (nSPS) is 11.7. The van der Waals surface area contributed by atoms with E-state index in [1.807, 2.05) is 46.3 Å². The molecule has 1 aromatic carbocycles. The van der Waals surface area contributed by atoms with Crippen LogP contribution in [-0.2, 0) is 11.3 Å². The van der Waals surface area contributed by atoms with E-state index in [2.05, 4.69) is 15.3 Å². The number of imidazole rings is 1. The number of benzene rings is 1. The number of hydrogen-bond donors (Lipinski definition) is 2. The van der Waals surface area contributed by atoms with E-state index >= 15 is 0 Å². The molecule has 120 valence electrons. The molecule has 0 fully saturated rings. The van der Waals surface area contributed by atoms with Crippen molar-refractivity contribution in [2.75, 3.05) is 0 Å². The lowest BCUT2D eigenvalue weighted by molar-refractivity contribution is -0.116. The minimum absolute atomic E-state index is 0.185. The van der Waals surface area contributed by atoms with Gasteiger partial charge in [0.2, 0.25) is 5.91 Å². The number of para-hydroxylation sites is 1. The molecule has 5 nitrogen and oxygen atoms in total. The molecule has 0 unspecified atom stereocenters. The van der Waals surface area contributed by atoms with Gasteiger partial charge in [0, 0.05) is 28.9 Å². The van der Waals surface area contributed by atoms with Crippen molar-refractivity contribution in [2.45, 2.75) is 6.54 Å². The highest BCUT2D eigenvalue weighted by Gasteiger charge is 2.08. The molecule has 2 N–H and O–H groups in total. The van der Waals surface area contributed by atoms with Crippen molar-refractivity contribution < 1.29 is 4.79 Å². The molecule has 0 atom stereocenters. The summed E-state index contributed by atoms with van der Waals surface area (Å²) in [4.78, 5) is 20.3. The van der Waals surface area contributed by atoms with Gasteiger partial charge >= 0.3 is 0 Å². The van der Waals surface area contributed by atoms with E-state index in [1.165, 1.54) is 17.4 Å². The lowest BCUT2D eigenvalue weighted by Crippen LogP contribution is -2.20. The molecule has 3 aromatic heterocycles. The van der Waals surface area contributed by atoms with Crippen LogP contribution in [0.3, 0.4) is 0 Å². The van der Waals surface area contributed by atoms with Crippen LogP contribution in [0.25, 0.3) is 21.9 Å². The Hall–Kier alpha value is -2.57. The van der Waals surface area contributed by atoms with Gasteiger partial charge in [0.15, 0.2) is 10.1 Å². The quantitative estimate of drug-likeness (QED) is 0.545. The molecule has 3 heterocycles. The Morgan fingerprint density at radius 2 is 2.29 bits per heavy atom. The van der Waals surface area contributed by atoms with Crippen LogP contribution in [0.15, 0.2) is 48.0 Å². The molecule has 0 aliphatic rings. The van der Waals surface area contributed by atoms with Gasteiger partial charge in [-0.05, 0) is 23.6 Å². The first kappa shape index (κ1) is 15.0. The number of halogens is 1. The number of nitrogens with one attached hydrogen (secondary N) is 2. The minimum Gasteiger partial charge on any atom is -0.357 e. The number of nitrogens with zero attached hydrogens (tertiary/aromatic N) is 2. The van der Waals surface area contributed by atoms with E-state index in [4.69, 9.17) is 11.6 Å². The fraction of sp³-hybridized carbons (Fsp3) is 0.0588. The number of amides is 1. The van der Waals surface area contributed by atoms with Crippen LogP contribution in [0.4, 0.5) is 0 Å². The molecule has 0 saturated heterocycles. The van der Waals surface area contributed by atoms with Crippen molar-refractivity contribution in [3.8, 4) is 0 Å². The van der Waals surface area contributed by atoms with Crippen LogP contribution >= 0.6 is 22.9 Å². The van der Waals surface area contributed by atoms with Gasteiger partial charge in [-0.15, -0.1) is 11.3 Å². The molecule has 0 aliphatic carbocycles. The van der Waals surface area contributed by atoms with Crippen LogP contribution in [-0.4, -0.2) is 20.3 Å². The molecule has 0 radical (unpaired) electrons. The van der Waals surface area contributed by atoms with Crippen molar-refractivity contribution in [1.29, 1.82) is 0 Å². The van der Waals surface area contributed by atoms with Crippen molar-refractivity contribution >= 4 is 50.8 Å². The van der Waals surface area contributed by atoms with Gasteiger partial charge in [-0.2, -0.15) is 0 Å². The topological polar surface area (TPSA) is 62.2 Å². The van der Waals surface area contributed by atoms with Crippen LogP contribution in [0.1, 0.15) is 11.4 Å². The molecule has 4 rings (SSSR count). The maximum atomic E-state index is 12.0. The van der Waals surface area contributed by atoms with E-state index in [0.717, 1.165) is 21.6 Å². The van der Waals surface area contributed by atoms with Crippen LogP contribution in [0.2, 0.25) is 5.15 Å². The average molecular weight is 357 g/mol. The van der Waals surface area contributed by atoms with E-state index in [-0.39, 0.29) is 5.91 Å². The molecular weight excluding hydrogens is 344 g/mol. The summed E-state index contributed by atoms with van der Waals surface area (Å²) in [6.07, 6.45) is 5.02. The van der Waals surface area contributed by atoms with E-state index in [0.29, 0.717) is 17.4 Å². The number of thiazole rings is 1. The number of carbonyl (C=O) groups excluding carboxylic acids is 1. The first-order valence-electron chi connectivity index (χ1n) is 7.34. The van der Waals surface area contributed by atoms with Gasteiger partial charge in [0.1, 0.15) is 0 Å². The van der Waals surface area contributed by atoms with Gasteiger partial charge in [0.25, 0.3) is 0 Å². The van der Waals surface area contributed by atoms with Gasteiger partial charge in [0.05, 0.1) is 12.2 Å². The third-order valence-electron chi connectivity index (χ3n) is 3.69. The number of fused-ring (bicyclic) bond motifs is 2. The van der Waals surface area contributed by atoms with Gasteiger partial charge in [-0.25, -0.2) is 4.98 Å². The maximum Gasteiger partial charge on any atom is 0.244 e. The second kappa shape index (κ2) is 6.14. The summed E-state index contributed by atoms with van der Waals surface area (Å²) in [6.45, 7) is 0.436. The summed E-state index contributed by atoms with van der Waals surface area (Å²) in [5.41, 5.74) is 2.72. The Kier molecular flexibility index (Phi) is 3.84. The van der Waals surface area contributed by atoms with Gasteiger partial charge in [-0.1, -0.05) is 29.8 Å². The third-order valence-corrected chi connectivity index (χ3v) is 4.72. The third kappa shape index (κ3) is 2.81. The first-order chi connectivity index (χ1) is 11.7. The van der Waals surface area contributed by atoms with Crippen LogP contribution in [0, 0.1) is 0 Å². The molecular formula is C17H13ClN4OS. The van der Waals surface area contributed by atoms with Crippen molar-refractivity contribution in [2.24, 2.45) is 0 Å². The number of hydrogen-bond acceptors (Lipinski definition) is 3. The largest absolute Gasteiger partial charge is 0.357 e. The van der Waals surface area contributed by atoms with Crippen molar-refractivity contribution in [3.63, 3.8) is 0 Å². The predicted molar refractivity (Wildman–Crippen MR) is 97.3 cm³/mol. The highest BCUT2D eigenvalue weighted by Crippen LogP contribution is 2.22. The van der Waals surface area contributed by atoms with E-state index < -0.39 is 0 Å². The molecule has 0 bridgehead atoms. The Bertz CT molecular complexity index is 1030. The summed E-state index contributed by atoms with van der Waals surface area (Å²) in [6, 6.07) is 10.0. The number of aromatic amines is 1. The molecule has 24 heavy (non-hydrogen) atoms. The van der Waals surface area contributed by atoms with E-state index in [1.54, 1.807) is 6.08 Å². The lowest BCUT2D eigenvalue weighted by Gasteiger charge is -1.99. The zero-order chi connectivity index (χ0) is 16.5. The fourth-order valence-electron chi connectivity index (χ4n) is 2.55. The van der Waals surface area contributed by atoms with Gasteiger partial charge in [-0.3, -0.25) is 9.20 Å². The SMILES string of the molecule is O=C(C=Cc1c(Cl)nc2sccn12)NCc1cc2ccccc2[nH]1. The highest BCUT2D eigenvalue weighted by atomic mass is 35.5. The summed E-state index contributed by atoms with van der Waals surface area (Å²) < 4.78 is 1.86. The Morgan fingerprint density at radius 3 is 3.17 bits per heavy atom. The van der Waals surface area contributed by atoms with Crippen LogP contribution < -0.4 is 5.32 Å². The molecule has 0 saturated carbocycles. The highest BCUT2D eigenvalue weighted by molar-refractivity contribution is 7.15. The summed E-state index contributed by atoms with van der Waals surface area (Å²) >= 11 is 7.59. The molecule has 7 heteroatoms. The zero-order valence-electron chi connectivity index (χ0n) is 12.5. The zero-order valence-corrected chi connectivity index (χ0v) is 14.1. The number of aromatic nitrogens is 3. The standard InChI is InChI=1S/C17H13ClN4OS/c18-16-14(22-7-8-24-17(22)21-16)5-6-15(23)19-10-12-9-11-3-1-2-4-13(11)20-12/h1-9,20H,10H2,(H,19,23). The molecule has 4 aromatic rings. The second-order valence-electron chi connectivity index (χ2n) is 5.28.